The summed E-state index contributed by atoms with van der Waals surface area (Å²) in [6, 6.07) is 2.26. The van der Waals surface area contributed by atoms with E-state index in [4.69, 9.17) is 33.0 Å². The van der Waals surface area contributed by atoms with Crippen LogP contribution < -0.4 is 26.5 Å². The van der Waals surface area contributed by atoms with Crippen LogP contribution in [0.1, 0.15) is 12.6 Å². The van der Waals surface area contributed by atoms with Gasteiger partial charge < -0.3 is 36.6 Å². The molecule has 2 aliphatic rings. The number of hydrogen-bond acceptors (Lipinski definition) is 12. The molecule has 200 valence electrons. The number of nitrogens with two attached hydrogens (primary N) is 2. The van der Waals surface area contributed by atoms with Gasteiger partial charge >= 0.3 is 5.97 Å². The molecule has 1 unspecified atom stereocenters. The van der Waals surface area contributed by atoms with E-state index >= 15 is 0 Å². The van der Waals surface area contributed by atoms with Crippen LogP contribution in [-0.2, 0) is 30.6 Å². The Balaban J connectivity index is 1.56. The summed E-state index contributed by atoms with van der Waals surface area (Å²) in [7, 11) is 0. The second-order valence-electron chi connectivity index (χ2n) is 8.11. The molecule has 2 aromatic heterocycles. The number of oxime groups is 1. The first kappa shape index (κ1) is 27.2. The van der Waals surface area contributed by atoms with Gasteiger partial charge in [0.2, 0.25) is 6.10 Å². The average Bonchev–Trinajstić information content (AvgIpc) is 3.19. The van der Waals surface area contributed by atoms with Gasteiger partial charge in [-0.25, -0.2) is 9.78 Å². The highest BCUT2D eigenvalue weighted by Crippen LogP contribution is 2.40. The van der Waals surface area contributed by atoms with Crippen molar-refractivity contribution in [1.82, 2.24) is 15.2 Å². The molecule has 0 saturated carbocycles. The number of rotatable bonds is 9. The third kappa shape index (κ3) is 5.36. The Morgan fingerprint density at radius 3 is 2.79 bits per heavy atom. The molecule has 1 fully saturated rings. The first-order valence-electron chi connectivity index (χ1n) is 10.8. The van der Waals surface area contributed by atoms with E-state index in [1.807, 2.05) is 0 Å². The van der Waals surface area contributed by atoms with Crippen LogP contribution >= 0.6 is 34.7 Å². The number of β-lactam (4-membered cyclic amide) rings is 1. The Hall–Kier alpha value is -3.89. The molecule has 38 heavy (non-hydrogen) atoms. The van der Waals surface area contributed by atoms with Crippen LogP contribution in [-0.4, -0.2) is 67.7 Å². The number of carboxylic acid groups (broad SMARTS) is 2. The highest BCUT2D eigenvalue weighted by atomic mass is 35.5. The minimum absolute atomic E-state index is 0.0116. The van der Waals surface area contributed by atoms with E-state index in [0.29, 0.717) is 11.3 Å². The number of fused-ring (bicyclic) bond motifs is 1. The van der Waals surface area contributed by atoms with E-state index in [2.05, 4.69) is 15.5 Å². The normalized spacial score (nSPS) is 19.9. The third-order valence-electron chi connectivity index (χ3n) is 5.47. The zero-order valence-electron chi connectivity index (χ0n) is 19.5. The number of thiazole rings is 1. The summed E-state index contributed by atoms with van der Waals surface area (Å²) < 4.78 is 1.67. The van der Waals surface area contributed by atoms with Gasteiger partial charge in [0.05, 0.1) is 17.4 Å². The summed E-state index contributed by atoms with van der Waals surface area (Å²) in [5.41, 5.74) is 11.4. The molecule has 6 N–H and O–H groups in total. The van der Waals surface area contributed by atoms with Gasteiger partial charge in [-0.1, -0.05) is 28.1 Å². The van der Waals surface area contributed by atoms with Gasteiger partial charge in [0, 0.05) is 17.4 Å². The number of anilines is 2. The summed E-state index contributed by atoms with van der Waals surface area (Å²) in [6.07, 6.45) is 1.93. The first-order valence-corrected chi connectivity index (χ1v) is 13.0. The first-order chi connectivity index (χ1) is 18.0. The summed E-state index contributed by atoms with van der Waals surface area (Å²) in [6.45, 7) is 1.35. The standard InChI is InChI=1S/C21H20ClN7O7S2/c1-8(19(32)33)36-27-12(11-15(22)38-21(24)26-11)16(30)25-13-17(31)29-14(20(34)35)9(7-37-18(13)29)5-28-4-2-3-10(23)6-28/h2-4,6,8,13,18H,5,7,23H2,1H3,(H4-,24,25,26,30,32,33,34,35)/b27-12-/t8-,13+,18?/m0/s1. The number of thioether (sulfide) groups is 1. The molecular weight excluding hydrogens is 562 g/mol. The van der Waals surface area contributed by atoms with Crippen molar-refractivity contribution >= 4 is 75.0 Å². The van der Waals surface area contributed by atoms with Gasteiger partial charge in [-0.15, -0.1) is 11.8 Å². The number of carbonyl (C=O) groups is 4. The lowest BCUT2D eigenvalue weighted by Gasteiger charge is -2.50. The maximum Gasteiger partial charge on any atom is 0.347 e. The number of carboxylic acids is 2. The Bertz CT molecular complexity index is 1400. The average molecular weight is 582 g/mol. The van der Waals surface area contributed by atoms with Crippen LogP contribution in [0.4, 0.5) is 10.8 Å². The summed E-state index contributed by atoms with van der Waals surface area (Å²) >= 11 is 8.20. The quantitative estimate of drug-likeness (QED) is 0.116. The molecule has 4 heterocycles. The lowest BCUT2D eigenvalue weighted by molar-refractivity contribution is -0.688. The van der Waals surface area contributed by atoms with E-state index in [-0.39, 0.29) is 33.2 Å². The third-order valence-corrected chi connectivity index (χ3v) is 7.90. The van der Waals surface area contributed by atoms with Crippen molar-refractivity contribution in [3.8, 4) is 0 Å². The monoisotopic (exact) mass is 581 g/mol. The largest absolute Gasteiger partial charge is 0.543 e. The highest BCUT2D eigenvalue weighted by Gasteiger charge is 2.53. The zero-order chi connectivity index (χ0) is 27.7. The summed E-state index contributed by atoms with van der Waals surface area (Å²) in [4.78, 5) is 59.1. The molecule has 0 bridgehead atoms. The molecule has 0 aromatic carbocycles. The van der Waals surface area contributed by atoms with Crippen molar-refractivity contribution in [3.05, 3.63) is 45.8 Å². The molecule has 14 nitrogen and oxygen atoms in total. The van der Waals surface area contributed by atoms with Crippen molar-refractivity contribution < 1.29 is 38.8 Å². The second-order valence-corrected chi connectivity index (χ2v) is 10.8. The van der Waals surface area contributed by atoms with Gasteiger partial charge in [0.15, 0.2) is 29.8 Å². The predicted molar refractivity (Wildman–Crippen MR) is 134 cm³/mol. The molecule has 0 radical (unpaired) electrons. The number of halogens is 1. The number of nitrogen functional groups attached to an aromatic ring is 2. The molecular formula is C21H20ClN7O7S2. The zero-order valence-corrected chi connectivity index (χ0v) is 21.9. The maximum absolute atomic E-state index is 13.1. The molecule has 3 atom stereocenters. The number of carbonyl (C=O) groups excluding carboxylic acids is 3. The van der Waals surface area contributed by atoms with Gasteiger partial charge in [-0.3, -0.25) is 14.5 Å². The van der Waals surface area contributed by atoms with Gasteiger partial charge in [0.25, 0.3) is 11.8 Å². The predicted octanol–water partition coefficient (Wildman–Crippen LogP) is -1.45. The van der Waals surface area contributed by atoms with Crippen LogP contribution in [0.5, 0.6) is 0 Å². The molecule has 17 heteroatoms. The summed E-state index contributed by atoms with van der Waals surface area (Å²) in [5.74, 6) is -4.27. The molecule has 2 aromatic rings. The number of pyridine rings is 1. The summed E-state index contributed by atoms with van der Waals surface area (Å²) in [5, 5.41) is 26.4. The number of hydrogen-bond donors (Lipinski definition) is 4. The Labute approximate surface area is 227 Å². The van der Waals surface area contributed by atoms with Crippen LogP contribution in [0.2, 0.25) is 4.34 Å². The van der Waals surface area contributed by atoms with Crippen molar-refractivity contribution in [2.24, 2.45) is 5.16 Å². The molecule has 0 aliphatic carbocycles. The number of nitrogens with one attached hydrogen (secondary N) is 1. The smallest absolute Gasteiger partial charge is 0.347 e. The number of amides is 2. The fourth-order valence-corrected chi connectivity index (χ4v) is 5.96. The fourth-order valence-electron chi connectivity index (χ4n) is 3.70. The van der Waals surface area contributed by atoms with Crippen molar-refractivity contribution in [3.63, 3.8) is 0 Å². The molecule has 2 aliphatic heterocycles. The number of aromatic nitrogens is 2. The Kier molecular flexibility index (Phi) is 7.75. The number of nitrogens with zero attached hydrogens (tertiary/aromatic N) is 4. The van der Waals surface area contributed by atoms with Crippen molar-refractivity contribution in [2.75, 3.05) is 17.2 Å². The fraction of sp³-hybridized carbons (Fsp3) is 0.286. The lowest BCUT2D eigenvalue weighted by Crippen LogP contribution is -2.71. The van der Waals surface area contributed by atoms with Crippen molar-refractivity contribution in [2.45, 2.75) is 31.0 Å². The van der Waals surface area contributed by atoms with E-state index in [1.54, 1.807) is 29.1 Å². The van der Waals surface area contributed by atoms with E-state index < -0.39 is 47.0 Å². The lowest BCUT2D eigenvalue weighted by atomic mass is 10.0. The SMILES string of the molecule is C[C@H](O/N=C(\C(=O)N[C@@H]1C(=O)N2C(C(=O)[O-])=C(C[n+]3cccc(N)c3)CSC12)c1nc(N)sc1Cl)C(=O)O. The highest BCUT2D eigenvalue weighted by molar-refractivity contribution is 8.00. The molecule has 1 saturated heterocycles. The van der Waals surface area contributed by atoms with Gasteiger partial charge in [-0.05, 0) is 13.0 Å². The Morgan fingerprint density at radius 1 is 1.45 bits per heavy atom. The van der Waals surface area contributed by atoms with E-state index in [0.717, 1.165) is 16.2 Å². The second kappa shape index (κ2) is 10.8. The van der Waals surface area contributed by atoms with E-state index in [9.17, 15) is 24.3 Å². The van der Waals surface area contributed by atoms with Crippen LogP contribution in [0.3, 0.4) is 0 Å². The maximum atomic E-state index is 13.1. The van der Waals surface area contributed by atoms with Gasteiger partial charge in [-0.2, -0.15) is 4.57 Å². The molecule has 2 amide bonds. The van der Waals surface area contributed by atoms with Crippen LogP contribution in [0.15, 0.2) is 41.0 Å². The minimum atomic E-state index is -1.53. The number of aliphatic carboxylic acids is 2. The van der Waals surface area contributed by atoms with E-state index in [1.165, 1.54) is 18.7 Å². The molecule has 0 spiro atoms. The van der Waals surface area contributed by atoms with Crippen LogP contribution in [0.25, 0.3) is 0 Å². The van der Waals surface area contributed by atoms with Crippen molar-refractivity contribution in [1.29, 1.82) is 0 Å². The topological polar surface area (TPSA) is 217 Å². The molecule has 4 rings (SSSR count). The van der Waals surface area contributed by atoms with Gasteiger partial charge in [0.1, 0.15) is 21.4 Å². The Morgan fingerprint density at radius 2 is 2.18 bits per heavy atom. The van der Waals surface area contributed by atoms with Crippen LogP contribution in [0, 0.1) is 0 Å². The minimum Gasteiger partial charge on any atom is -0.543 e.